The van der Waals surface area contributed by atoms with Gasteiger partial charge in [-0.15, -0.1) is 11.3 Å². The zero-order chi connectivity index (χ0) is 18.1. The number of piperidine rings is 1. The van der Waals surface area contributed by atoms with E-state index in [-0.39, 0.29) is 11.9 Å². The number of carboxylic acid groups (broad SMARTS) is 1. The summed E-state index contributed by atoms with van der Waals surface area (Å²) in [5, 5.41) is 12.6. The second kappa shape index (κ2) is 7.32. The Balaban J connectivity index is 1.82. The molecule has 3 rings (SSSR count). The molecule has 1 saturated heterocycles. The summed E-state index contributed by atoms with van der Waals surface area (Å²) in [7, 11) is 0. The smallest absolute Gasteiger partial charge is 0.308 e. The van der Waals surface area contributed by atoms with Crippen molar-refractivity contribution in [3.05, 3.63) is 39.3 Å². The Morgan fingerprint density at radius 3 is 2.76 bits per heavy atom. The average molecular weight is 399 g/mol. The molecule has 0 bridgehead atoms. The number of nitrogens with zero attached hydrogens (tertiary/aromatic N) is 2. The number of benzene rings is 1. The van der Waals surface area contributed by atoms with Gasteiger partial charge >= 0.3 is 5.97 Å². The minimum absolute atomic E-state index is 0.235. The molecule has 2 aromatic rings. The molecule has 2 heterocycles. The molecule has 0 spiro atoms. The molecule has 1 aromatic carbocycles. The lowest BCUT2D eigenvalue weighted by Crippen LogP contribution is -2.49. The molecule has 8 heteroatoms. The Morgan fingerprint density at radius 2 is 2.08 bits per heavy atom. The summed E-state index contributed by atoms with van der Waals surface area (Å²) < 4.78 is 0. The quantitative estimate of drug-likeness (QED) is 0.828. The van der Waals surface area contributed by atoms with Crippen LogP contribution in [0.5, 0.6) is 0 Å². The highest BCUT2D eigenvalue weighted by molar-refractivity contribution is 7.13. The summed E-state index contributed by atoms with van der Waals surface area (Å²) >= 11 is 13.3. The Kier molecular flexibility index (Phi) is 5.32. The highest BCUT2D eigenvalue weighted by atomic mass is 35.5. The second-order valence-electron chi connectivity index (χ2n) is 5.99. The van der Waals surface area contributed by atoms with Crippen LogP contribution in [0.4, 0.5) is 0 Å². The van der Waals surface area contributed by atoms with Crippen LogP contribution in [-0.2, 0) is 4.79 Å². The van der Waals surface area contributed by atoms with E-state index in [4.69, 9.17) is 23.2 Å². The molecule has 25 heavy (non-hydrogen) atoms. The third-order valence-electron chi connectivity index (χ3n) is 4.46. The first-order valence-corrected chi connectivity index (χ1v) is 9.46. The van der Waals surface area contributed by atoms with Crippen molar-refractivity contribution in [2.24, 2.45) is 5.92 Å². The van der Waals surface area contributed by atoms with Gasteiger partial charge in [0.05, 0.1) is 16.0 Å². The van der Waals surface area contributed by atoms with Gasteiger partial charge in [0, 0.05) is 23.5 Å². The van der Waals surface area contributed by atoms with Crippen molar-refractivity contribution in [1.82, 2.24) is 9.88 Å². The number of carbonyl (C=O) groups is 2. The number of aliphatic carboxylic acids is 1. The standard InChI is InChI=1S/C17H16Cl2N2O3S/c1-9-11(17(23)24)3-2-6-21(9)16(22)14-8-25-15(20-14)10-4-5-12(18)13(19)7-10/h4-5,7-9,11H,2-3,6H2,1H3,(H,23,24)/t9-,11-/m1/s1. The highest BCUT2D eigenvalue weighted by Gasteiger charge is 2.36. The van der Waals surface area contributed by atoms with E-state index in [2.05, 4.69) is 4.98 Å². The number of halogens is 2. The van der Waals surface area contributed by atoms with E-state index in [9.17, 15) is 14.7 Å². The topological polar surface area (TPSA) is 70.5 Å². The first kappa shape index (κ1) is 18.2. The van der Waals surface area contributed by atoms with Gasteiger partial charge in [-0.2, -0.15) is 0 Å². The monoisotopic (exact) mass is 398 g/mol. The third-order valence-corrected chi connectivity index (χ3v) is 6.09. The van der Waals surface area contributed by atoms with Gasteiger partial charge < -0.3 is 10.0 Å². The average Bonchev–Trinajstić information content (AvgIpc) is 3.06. The fraction of sp³-hybridized carbons (Fsp3) is 0.353. The summed E-state index contributed by atoms with van der Waals surface area (Å²) in [6.45, 7) is 2.32. The van der Waals surface area contributed by atoms with Crippen LogP contribution >= 0.6 is 34.5 Å². The number of amides is 1. The molecule has 1 aliphatic heterocycles. The summed E-state index contributed by atoms with van der Waals surface area (Å²) in [6.07, 6.45) is 1.27. The minimum Gasteiger partial charge on any atom is -0.481 e. The lowest BCUT2D eigenvalue weighted by Gasteiger charge is -2.37. The number of thiazole rings is 1. The molecular weight excluding hydrogens is 383 g/mol. The lowest BCUT2D eigenvalue weighted by atomic mass is 9.90. The van der Waals surface area contributed by atoms with Crippen LogP contribution in [0.2, 0.25) is 10.0 Å². The molecule has 1 aromatic heterocycles. The van der Waals surface area contributed by atoms with Crippen LogP contribution in [0.25, 0.3) is 10.6 Å². The predicted molar refractivity (Wildman–Crippen MR) is 98.4 cm³/mol. The first-order chi connectivity index (χ1) is 11.9. The minimum atomic E-state index is -0.861. The maximum atomic E-state index is 12.8. The summed E-state index contributed by atoms with van der Waals surface area (Å²) in [5.41, 5.74) is 1.11. The van der Waals surface area contributed by atoms with Crippen LogP contribution in [-0.4, -0.2) is 39.5 Å². The van der Waals surface area contributed by atoms with Crippen molar-refractivity contribution in [3.63, 3.8) is 0 Å². The Labute approximate surface area is 159 Å². The number of rotatable bonds is 3. The van der Waals surface area contributed by atoms with Gasteiger partial charge in [0.15, 0.2) is 0 Å². The van der Waals surface area contributed by atoms with Crippen molar-refractivity contribution >= 4 is 46.4 Å². The van der Waals surface area contributed by atoms with Crippen LogP contribution in [0, 0.1) is 5.92 Å². The van der Waals surface area contributed by atoms with Crippen molar-refractivity contribution in [2.75, 3.05) is 6.54 Å². The SMILES string of the molecule is C[C@@H]1[C@H](C(=O)O)CCCN1C(=O)c1csc(-c2ccc(Cl)c(Cl)c2)n1. The molecule has 1 aliphatic rings. The molecule has 0 saturated carbocycles. The number of carbonyl (C=O) groups excluding carboxylic acids is 1. The molecule has 0 unspecified atom stereocenters. The van der Waals surface area contributed by atoms with E-state index < -0.39 is 11.9 Å². The Hall–Kier alpha value is -1.63. The van der Waals surface area contributed by atoms with Crippen molar-refractivity contribution < 1.29 is 14.7 Å². The zero-order valence-electron chi connectivity index (χ0n) is 13.4. The third kappa shape index (κ3) is 3.66. The Bertz CT molecular complexity index is 824. The molecule has 1 fully saturated rings. The van der Waals surface area contributed by atoms with E-state index in [1.807, 2.05) is 0 Å². The number of hydrogen-bond acceptors (Lipinski definition) is 4. The van der Waals surface area contributed by atoms with Gasteiger partial charge in [-0.1, -0.05) is 29.3 Å². The highest BCUT2D eigenvalue weighted by Crippen LogP contribution is 2.31. The molecular formula is C17H16Cl2N2O3S. The van der Waals surface area contributed by atoms with Crippen LogP contribution in [0.3, 0.4) is 0 Å². The van der Waals surface area contributed by atoms with Crippen molar-refractivity contribution in [3.8, 4) is 10.6 Å². The van der Waals surface area contributed by atoms with Gasteiger partial charge in [-0.25, -0.2) is 4.98 Å². The summed E-state index contributed by atoms with van der Waals surface area (Å²) in [5.74, 6) is -1.63. The maximum Gasteiger partial charge on any atom is 0.308 e. The van der Waals surface area contributed by atoms with Crippen LogP contribution in [0.1, 0.15) is 30.3 Å². The second-order valence-corrected chi connectivity index (χ2v) is 7.67. The Morgan fingerprint density at radius 1 is 1.32 bits per heavy atom. The zero-order valence-corrected chi connectivity index (χ0v) is 15.7. The van der Waals surface area contributed by atoms with Gasteiger partial charge in [-0.3, -0.25) is 9.59 Å². The molecule has 1 amide bonds. The largest absolute Gasteiger partial charge is 0.481 e. The van der Waals surface area contributed by atoms with Crippen molar-refractivity contribution in [2.45, 2.75) is 25.8 Å². The van der Waals surface area contributed by atoms with E-state index in [1.165, 1.54) is 11.3 Å². The molecule has 0 aliphatic carbocycles. The number of likely N-dealkylation sites (tertiary alicyclic amines) is 1. The van der Waals surface area contributed by atoms with Crippen LogP contribution in [0.15, 0.2) is 23.6 Å². The molecule has 1 N–H and O–H groups in total. The van der Waals surface area contributed by atoms with Gasteiger partial charge in [-0.05, 0) is 31.9 Å². The number of carboxylic acids is 1. The molecule has 132 valence electrons. The maximum absolute atomic E-state index is 12.8. The predicted octanol–water partition coefficient (Wildman–Crippen LogP) is 4.44. The van der Waals surface area contributed by atoms with Crippen LogP contribution < -0.4 is 0 Å². The summed E-state index contributed by atoms with van der Waals surface area (Å²) in [6, 6.07) is 4.84. The van der Waals surface area contributed by atoms with E-state index >= 15 is 0 Å². The fourth-order valence-corrected chi connectivity index (χ4v) is 4.13. The van der Waals surface area contributed by atoms with Gasteiger partial charge in [0.2, 0.25) is 0 Å². The normalized spacial score (nSPS) is 20.5. The van der Waals surface area contributed by atoms with Crippen molar-refractivity contribution in [1.29, 1.82) is 0 Å². The van der Waals surface area contributed by atoms with Gasteiger partial charge in [0.25, 0.3) is 5.91 Å². The van der Waals surface area contributed by atoms with Gasteiger partial charge in [0.1, 0.15) is 10.7 Å². The number of aromatic nitrogens is 1. The number of hydrogen-bond donors (Lipinski definition) is 1. The van der Waals surface area contributed by atoms with E-state index in [0.717, 1.165) is 5.56 Å². The first-order valence-electron chi connectivity index (χ1n) is 7.83. The van der Waals surface area contributed by atoms with E-state index in [0.29, 0.717) is 40.1 Å². The molecule has 2 atom stereocenters. The molecule has 5 nitrogen and oxygen atoms in total. The summed E-state index contributed by atoms with van der Waals surface area (Å²) in [4.78, 5) is 30.1. The molecule has 0 radical (unpaired) electrons. The lowest BCUT2D eigenvalue weighted by molar-refractivity contribution is -0.144. The fourth-order valence-electron chi connectivity index (χ4n) is 3.04. The van der Waals surface area contributed by atoms with E-state index in [1.54, 1.807) is 35.4 Å².